The first-order valence-electron chi connectivity index (χ1n) is 18.5. The molecule has 1 heterocycles. The van der Waals surface area contributed by atoms with Gasteiger partial charge in [0.05, 0.1) is 12.7 Å². The number of hydrogen-bond donors (Lipinski definition) is 4. The molecular weight excluding hydrogens is 528 g/mol. The van der Waals surface area contributed by atoms with E-state index < -0.39 is 37.3 Å². The molecule has 6 heteroatoms. The fraction of sp³-hybridized carbons (Fsp3) is 1.00. The molecule has 42 heavy (non-hydrogen) atoms. The van der Waals surface area contributed by atoms with Gasteiger partial charge in [-0.25, -0.2) is 0 Å². The molecule has 0 aromatic carbocycles. The lowest BCUT2D eigenvalue weighted by Crippen LogP contribution is -2.59. The number of ether oxygens (including phenoxy) is 2. The summed E-state index contributed by atoms with van der Waals surface area (Å²) in [5.74, 6) is 0. The van der Waals surface area contributed by atoms with Gasteiger partial charge in [0.1, 0.15) is 24.4 Å². The van der Waals surface area contributed by atoms with E-state index in [2.05, 4.69) is 6.92 Å². The molecular formula is C36H72O6. The van der Waals surface area contributed by atoms with Crippen molar-refractivity contribution in [2.75, 3.05) is 6.61 Å². The molecule has 0 aromatic heterocycles. The maximum atomic E-state index is 10.1. The maximum Gasteiger partial charge on any atom is 0.186 e. The van der Waals surface area contributed by atoms with E-state index in [1.807, 2.05) is 6.92 Å². The van der Waals surface area contributed by atoms with Gasteiger partial charge in [-0.15, -0.1) is 0 Å². The summed E-state index contributed by atoms with van der Waals surface area (Å²) in [5, 5.41) is 39.1. The second kappa shape index (κ2) is 28.2. The molecule has 0 radical (unpaired) electrons. The molecule has 0 amide bonds. The van der Waals surface area contributed by atoms with Gasteiger partial charge < -0.3 is 29.9 Å². The predicted molar refractivity (Wildman–Crippen MR) is 175 cm³/mol. The normalized spacial score (nSPS) is 23.4. The zero-order valence-electron chi connectivity index (χ0n) is 27.9. The molecule has 252 valence electrons. The van der Waals surface area contributed by atoms with E-state index in [0.29, 0.717) is 0 Å². The van der Waals surface area contributed by atoms with E-state index in [0.717, 1.165) is 12.8 Å². The molecule has 0 spiro atoms. The Balaban J connectivity index is 1.77. The topological polar surface area (TPSA) is 99.4 Å². The summed E-state index contributed by atoms with van der Waals surface area (Å²) in [6.07, 6.45) is 30.9. The summed E-state index contributed by atoms with van der Waals surface area (Å²) in [6, 6.07) is 0. The monoisotopic (exact) mass is 601 g/mol. The summed E-state index contributed by atoms with van der Waals surface area (Å²) in [5.41, 5.74) is 0. The maximum absolute atomic E-state index is 10.1. The van der Waals surface area contributed by atoms with Gasteiger partial charge in [-0.2, -0.15) is 0 Å². The summed E-state index contributed by atoms with van der Waals surface area (Å²) in [6.45, 7) is 3.79. The third-order valence-electron chi connectivity index (χ3n) is 9.18. The van der Waals surface area contributed by atoms with Gasteiger partial charge in [0.2, 0.25) is 0 Å². The first-order chi connectivity index (χ1) is 20.5. The van der Waals surface area contributed by atoms with E-state index in [9.17, 15) is 20.4 Å². The summed E-state index contributed by atoms with van der Waals surface area (Å²) in [4.78, 5) is 0. The molecule has 6 atom stereocenters. The summed E-state index contributed by atoms with van der Waals surface area (Å²) in [7, 11) is 0. The van der Waals surface area contributed by atoms with Crippen molar-refractivity contribution in [2.45, 2.75) is 224 Å². The second-order valence-electron chi connectivity index (χ2n) is 13.3. The van der Waals surface area contributed by atoms with Crippen LogP contribution in [0.15, 0.2) is 0 Å². The third-order valence-corrected chi connectivity index (χ3v) is 9.18. The lowest BCUT2D eigenvalue weighted by atomic mass is 9.99. The highest BCUT2D eigenvalue weighted by atomic mass is 16.7. The second-order valence-corrected chi connectivity index (χ2v) is 13.3. The first-order valence-corrected chi connectivity index (χ1v) is 18.5. The van der Waals surface area contributed by atoms with Gasteiger partial charge in [-0.1, -0.05) is 174 Å². The van der Waals surface area contributed by atoms with Crippen molar-refractivity contribution >= 4 is 0 Å². The van der Waals surface area contributed by atoms with E-state index in [1.54, 1.807) is 0 Å². The van der Waals surface area contributed by atoms with Gasteiger partial charge in [0.15, 0.2) is 6.29 Å². The van der Waals surface area contributed by atoms with Crippen LogP contribution in [0.5, 0.6) is 0 Å². The van der Waals surface area contributed by atoms with E-state index >= 15 is 0 Å². The fourth-order valence-electron chi connectivity index (χ4n) is 6.22. The van der Waals surface area contributed by atoms with Crippen molar-refractivity contribution in [1.82, 2.24) is 0 Å². The zero-order chi connectivity index (χ0) is 30.7. The van der Waals surface area contributed by atoms with E-state index in [-0.39, 0.29) is 6.10 Å². The zero-order valence-corrected chi connectivity index (χ0v) is 27.9. The van der Waals surface area contributed by atoms with Gasteiger partial charge in [0, 0.05) is 0 Å². The average Bonchev–Trinajstić information content (AvgIpc) is 2.99. The van der Waals surface area contributed by atoms with E-state index in [4.69, 9.17) is 9.47 Å². The molecule has 1 aliphatic rings. The quantitative estimate of drug-likeness (QED) is 0.0615. The van der Waals surface area contributed by atoms with Gasteiger partial charge in [-0.3, -0.25) is 0 Å². The molecule has 1 fully saturated rings. The van der Waals surface area contributed by atoms with Gasteiger partial charge >= 0.3 is 0 Å². The van der Waals surface area contributed by atoms with Crippen LogP contribution in [-0.2, 0) is 9.47 Å². The lowest BCUT2D eigenvalue weighted by molar-refractivity contribution is -0.310. The Labute approximate surface area is 260 Å². The molecule has 4 N–H and O–H groups in total. The van der Waals surface area contributed by atoms with Crippen molar-refractivity contribution in [3.8, 4) is 0 Å². The van der Waals surface area contributed by atoms with Crippen LogP contribution in [-0.4, -0.2) is 63.8 Å². The van der Waals surface area contributed by atoms with Crippen LogP contribution < -0.4 is 0 Å². The minimum atomic E-state index is -1.38. The highest BCUT2D eigenvalue weighted by Crippen LogP contribution is 2.24. The van der Waals surface area contributed by atoms with Crippen LogP contribution >= 0.6 is 0 Å². The molecule has 2 unspecified atom stereocenters. The summed E-state index contributed by atoms with van der Waals surface area (Å²) >= 11 is 0. The molecule has 0 bridgehead atoms. The number of rotatable bonds is 30. The molecule has 6 nitrogen and oxygen atoms in total. The van der Waals surface area contributed by atoms with Crippen LogP contribution in [0.4, 0.5) is 0 Å². The average molecular weight is 601 g/mol. The van der Waals surface area contributed by atoms with Crippen molar-refractivity contribution in [1.29, 1.82) is 0 Å². The van der Waals surface area contributed by atoms with Crippen molar-refractivity contribution in [3.63, 3.8) is 0 Å². The van der Waals surface area contributed by atoms with Crippen LogP contribution in [0.2, 0.25) is 0 Å². The number of unbranched alkanes of at least 4 members (excludes halogenated alkanes) is 25. The molecule has 0 aliphatic carbocycles. The Morgan fingerprint density at radius 2 is 0.833 bits per heavy atom. The SMILES string of the molecule is CCCCCCCCCCCCCCCCCCCCCCCCCCCCC(C)OC1O[C@H](CO)[C@@H](O)[C@H](O)[C@H]1O. The fourth-order valence-corrected chi connectivity index (χ4v) is 6.22. The number of aliphatic hydroxyl groups is 4. The minimum Gasteiger partial charge on any atom is -0.394 e. The Morgan fingerprint density at radius 3 is 1.17 bits per heavy atom. The first kappa shape index (κ1) is 39.8. The predicted octanol–water partition coefficient (Wildman–Crippen LogP) is 8.74. The Morgan fingerprint density at radius 1 is 0.500 bits per heavy atom. The van der Waals surface area contributed by atoms with E-state index in [1.165, 1.54) is 161 Å². The number of aliphatic hydroxyl groups excluding tert-OH is 4. The highest BCUT2D eigenvalue weighted by Gasteiger charge is 2.44. The third kappa shape index (κ3) is 20.7. The van der Waals surface area contributed by atoms with Crippen LogP contribution in [0.3, 0.4) is 0 Å². The summed E-state index contributed by atoms with van der Waals surface area (Å²) < 4.78 is 11.2. The van der Waals surface area contributed by atoms with Crippen molar-refractivity contribution in [3.05, 3.63) is 0 Å². The minimum absolute atomic E-state index is 0.124. The lowest BCUT2D eigenvalue weighted by Gasteiger charge is -2.40. The molecule has 0 saturated carbocycles. The van der Waals surface area contributed by atoms with Crippen LogP contribution in [0, 0.1) is 0 Å². The molecule has 1 rings (SSSR count). The largest absolute Gasteiger partial charge is 0.394 e. The van der Waals surface area contributed by atoms with Crippen LogP contribution in [0.25, 0.3) is 0 Å². The Hall–Kier alpha value is -0.240. The Bertz CT molecular complexity index is 559. The van der Waals surface area contributed by atoms with Crippen LogP contribution in [0.1, 0.15) is 187 Å². The van der Waals surface area contributed by atoms with Gasteiger partial charge in [0.25, 0.3) is 0 Å². The smallest absolute Gasteiger partial charge is 0.186 e. The van der Waals surface area contributed by atoms with Crippen molar-refractivity contribution in [2.24, 2.45) is 0 Å². The molecule has 1 aliphatic heterocycles. The highest BCUT2D eigenvalue weighted by molar-refractivity contribution is 4.89. The molecule has 1 saturated heterocycles. The molecule has 0 aromatic rings. The standard InChI is InChI=1S/C36H72O6/c1-3-4-5-6-7-8-9-10-11-12-13-14-15-16-17-18-19-20-21-22-23-24-25-26-27-28-29-31(2)41-36-35(40)34(39)33(38)32(30-37)42-36/h31-40H,3-30H2,1-2H3/t31?,32-,33-,34+,35-,36?/m1/s1. The Kier molecular flexibility index (Phi) is 26.8. The number of hydrogen-bond acceptors (Lipinski definition) is 6. The van der Waals surface area contributed by atoms with Crippen molar-refractivity contribution < 1.29 is 29.9 Å². The van der Waals surface area contributed by atoms with Gasteiger partial charge in [-0.05, 0) is 13.3 Å².